The van der Waals surface area contributed by atoms with E-state index in [1.807, 2.05) is 121 Å². The molecule has 202 valence electrons. The molecular weight excluding hydrogens is 520 g/mol. The van der Waals surface area contributed by atoms with Crippen LogP contribution in [0.25, 0.3) is 21.5 Å². The first-order valence-corrected chi connectivity index (χ1v) is 13.4. The Kier molecular flexibility index (Phi) is 7.59. The van der Waals surface area contributed by atoms with Crippen molar-refractivity contribution < 1.29 is 10.2 Å². The van der Waals surface area contributed by atoms with E-state index < -0.39 is 0 Å². The van der Waals surface area contributed by atoms with E-state index in [4.69, 9.17) is 0 Å². The van der Waals surface area contributed by atoms with Gasteiger partial charge in [-0.25, -0.2) is 0 Å². The summed E-state index contributed by atoms with van der Waals surface area (Å²) in [7, 11) is 0. The van der Waals surface area contributed by atoms with Crippen molar-refractivity contribution >= 4 is 45.4 Å². The van der Waals surface area contributed by atoms with E-state index in [1.165, 1.54) is 0 Å². The molecule has 6 aromatic carbocycles. The van der Waals surface area contributed by atoms with Gasteiger partial charge in [-0.05, 0) is 33.7 Å². The summed E-state index contributed by atoms with van der Waals surface area (Å²) < 4.78 is 0. The van der Waals surface area contributed by atoms with Crippen molar-refractivity contribution in [1.82, 2.24) is 0 Å². The van der Waals surface area contributed by atoms with Crippen LogP contribution in [0.5, 0.6) is 11.5 Å². The summed E-state index contributed by atoms with van der Waals surface area (Å²) in [5.74, 6) is 0.232. The molecule has 0 radical (unpaired) electrons. The summed E-state index contributed by atoms with van der Waals surface area (Å²) in [6, 6.07) is 41.9. The first kappa shape index (κ1) is 26.3. The van der Waals surface area contributed by atoms with Gasteiger partial charge in [0.2, 0.25) is 0 Å². The minimum absolute atomic E-state index is 0.116. The molecule has 0 heterocycles. The van der Waals surface area contributed by atoms with Crippen LogP contribution in [0.1, 0.15) is 22.3 Å². The van der Waals surface area contributed by atoms with E-state index in [1.54, 1.807) is 24.6 Å². The number of aromatic hydroxyl groups is 2. The number of hydrogen-bond acceptors (Lipinski definition) is 6. The van der Waals surface area contributed by atoms with Crippen molar-refractivity contribution in [2.24, 2.45) is 20.4 Å². The highest BCUT2D eigenvalue weighted by Gasteiger charge is 2.15. The van der Waals surface area contributed by atoms with E-state index in [2.05, 4.69) is 20.4 Å². The molecule has 42 heavy (non-hydrogen) atoms. The molecule has 0 bridgehead atoms. The van der Waals surface area contributed by atoms with Crippen LogP contribution in [-0.4, -0.2) is 34.1 Å². The summed E-state index contributed by atoms with van der Waals surface area (Å²) >= 11 is 0. The molecule has 0 aliphatic carbocycles. The van der Waals surface area contributed by atoms with Crippen LogP contribution in [0.3, 0.4) is 0 Å². The normalized spacial score (nSPS) is 12.6. The average Bonchev–Trinajstić information content (AvgIpc) is 3.04. The largest absolute Gasteiger partial charge is 0.507 e. The summed E-state index contributed by atoms with van der Waals surface area (Å²) in [6.45, 7) is 0. The molecule has 6 rings (SSSR count). The molecular formula is C36H26N4O2. The van der Waals surface area contributed by atoms with Gasteiger partial charge in [0.05, 0.1) is 12.4 Å². The molecule has 6 aromatic rings. The quantitative estimate of drug-likeness (QED) is 0.158. The second kappa shape index (κ2) is 12.1. The average molecular weight is 547 g/mol. The zero-order chi connectivity index (χ0) is 28.7. The van der Waals surface area contributed by atoms with E-state index in [0.29, 0.717) is 22.6 Å². The number of nitrogens with zero attached hydrogens (tertiary/aromatic N) is 4. The maximum absolute atomic E-state index is 10.6. The Balaban J connectivity index is 1.48. The molecule has 0 saturated carbocycles. The Bertz CT molecular complexity index is 1850. The monoisotopic (exact) mass is 546 g/mol. The third-order valence-corrected chi connectivity index (χ3v) is 6.90. The topological polar surface area (TPSA) is 89.9 Å². The molecule has 2 N–H and O–H groups in total. The van der Waals surface area contributed by atoms with Crippen LogP contribution in [0.4, 0.5) is 0 Å². The number of phenols is 2. The Hall–Kier alpha value is -5.88. The lowest BCUT2D eigenvalue weighted by atomic mass is 10.00. The highest BCUT2D eigenvalue weighted by molar-refractivity contribution is 6.53. The van der Waals surface area contributed by atoms with Crippen LogP contribution >= 0.6 is 0 Å². The van der Waals surface area contributed by atoms with Crippen molar-refractivity contribution in [2.75, 3.05) is 0 Å². The van der Waals surface area contributed by atoms with Crippen LogP contribution < -0.4 is 0 Å². The van der Waals surface area contributed by atoms with Crippen molar-refractivity contribution in [3.8, 4) is 11.5 Å². The standard InChI is InChI=1S/C36H26N4O2/c41-33-21-19-25-11-7-9-17-29(25)31(33)23-37-39-35(27-13-3-1-4-14-27)36(28-15-5-2-6-16-28)40-38-24-32-30-18-10-8-12-26(30)20-22-34(32)42/h1-24,41-42H/b37-23+,38-24+,39-35+,40-36+. The second-order valence-corrected chi connectivity index (χ2v) is 9.56. The minimum Gasteiger partial charge on any atom is -0.507 e. The predicted molar refractivity (Wildman–Crippen MR) is 172 cm³/mol. The van der Waals surface area contributed by atoms with Gasteiger partial charge in [0.15, 0.2) is 0 Å². The lowest BCUT2D eigenvalue weighted by Crippen LogP contribution is -2.17. The molecule has 0 amide bonds. The van der Waals surface area contributed by atoms with Gasteiger partial charge in [0, 0.05) is 22.3 Å². The van der Waals surface area contributed by atoms with Gasteiger partial charge in [0.1, 0.15) is 22.9 Å². The smallest absolute Gasteiger partial charge is 0.125 e. The van der Waals surface area contributed by atoms with Crippen molar-refractivity contribution in [3.63, 3.8) is 0 Å². The van der Waals surface area contributed by atoms with Gasteiger partial charge in [-0.3, -0.25) is 0 Å². The molecule has 0 atom stereocenters. The van der Waals surface area contributed by atoms with Crippen molar-refractivity contribution in [3.05, 3.63) is 156 Å². The first-order valence-electron chi connectivity index (χ1n) is 13.4. The first-order chi connectivity index (χ1) is 20.7. The van der Waals surface area contributed by atoms with Gasteiger partial charge >= 0.3 is 0 Å². The molecule has 0 spiro atoms. The Morgan fingerprint density at radius 3 is 1.24 bits per heavy atom. The van der Waals surface area contributed by atoms with Gasteiger partial charge in [-0.1, -0.05) is 121 Å². The molecule has 6 heteroatoms. The van der Waals surface area contributed by atoms with Crippen LogP contribution in [0, 0.1) is 0 Å². The molecule has 0 aromatic heterocycles. The van der Waals surface area contributed by atoms with Crippen LogP contribution in [-0.2, 0) is 0 Å². The Labute approximate surface area is 243 Å². The highest BCUT2D eigenvalue weighted by Crippen LogP contribution is 2.27. The lowest BCUT2D eigenvalue weighted by Gasteiger charge is -2.09. The van der Waals surface area contributed by atoms with E-state index in [-0.39, 0.29) is 11.5 Å². The fourth-order valence-corrected chi connectivity index (χ4v) is 4.80. The number of rotatable bonds is 7. The van der Waals surface area contributed by atoms with Crippen molar-refractivity contribution in [2.45, 2.75) is 0 Å². The van der Waals surface area contributed by atoms with Crippen LogP contribution in [0.15, 0.2) is 154 Å². The summed E-state index contributed by atoms with van der Waals surface area (Å²) in [5.41, 5.74) is 3.73. The zero-order valence-corrected chi connectivity index (χ0v) is 22.5. The summed E-state index contributed by atoms with van der Waals surface area (Å²) in [6.07, 6.45) is 3.11. The molecule has 6 nitrogen and oxygen atoms in total. The fourth-order valence-electron chi connectivity index (χ4n) is 4.80. The predicted octanol–water partition coefficient (Wildman–Crippen LogP) is 7.75. The number of fused-ring (bicyclic) bond motifs is 2. The summed E-state index contributed by atoms with van der Waals surface area (Å²) in [5, 5.41) is 43.0. The van der Waals surface area contributed by atoms with Gasteiger partial charge in [-0.2, -0.15) is 10.2 Å². The minimum atomic E-state index is 0.116. The van der Waals surface area contributed by atoms with Crippen molar-refractivity contribution in [1.29, 1.82) is 0 Å². The number of phenolic OH excluding ortho intramolecular Hbond substituents is 2. The Morgan fingerprint density at radius 1 is 0.429 bits per heavy atom. The maximum Gasteiger partial charge on any atom is 0.125 e. The lowest BCUT2D eigenvalue weighted by molar-refractivity contribution is 0.475. The molecule has 0 unspecified atom stereocenters. The fraction of sp³-hybridized carbons (Fsp3) is 0. The molecule has 0 saturated heterocycles. The van der Waals surface area contributed by atoms with Gasteiger partial charge in [-0.15, -0.1) is 10.2 Å². The maximum atomic E-state index is 10.6. The summed E-state index contributed by atoms with van der Waals surface area (Å²) in [4.78, 5) is 0. The van der Waals surface area contributed by atoms with Gasteiger partial charge < -0.3 is 10.2 Å². The SMILES string of the molecule is Oc1ccc2ccccc2c1/C=N/N=C(/C(=N/N=C/c1c(O)ccc2ccccc12)c1ccccc1)c1ccccc1. The van der Waals surface area contributed by atoms with E-state index in [9.17, 15) is 10.2 Å². The molecule has 0 aliphatic heterocycles. The number of hydrogen-bond donors (Lipinski definition) is 2. The van der Waals surface area contributed by atoms with Gasteiger partial charge in [0.25, 0.3) is 0 Å². The Morgan fingerprint density at radius 2 is 0.810 bits per heavy atom. The highest BCUT2D eigenvalue weighted by atomic mass is 16.3. The molecule has 0 fully saturated rings. The van der Waals surface area contributed by atoms with E-state index >= 15 is 0 Å². The van der Waals surface area contributed by atoms with Crippen LogP contribution in [0.2, 0.25) is 0 Å². The van der Waals surface area contributed by atoms with E-state index in [0.717, 1.165) is 32.7 Å². The zero-order valence-electron chi connectivity index (χ0n) is 22.5. The number of benzene rings is 6. The second-order valence-electron chi connectivity index (χ2n) is 9.56. The third-order valence-electron chi connectivity index (χ3n) is 6.90. The third kappa shape index (κ3) is 5.55. The molecule has 0 aliphatic rings.